The Hall–Kier alpha value is -2.50. The average Bonchev–Trinajstić information content (AvgIpc) is 2.63. The van der Waals surface area contributed by atoms with Crippen LogP contribution in [0.25, 0.3) is 11.1 Å². The molecular formula is C20H18ClNO3S. The molecule has 134 valence electrons. The van der Waals surface area contributed by atoms with Crippen molar-refractivity contribution < 1.29 is 13.2 Å². The third-order valence-corrected chi connectivity index (χ3v) is 5.55. The first-order valence-corrected chi connectivity index (χ1v) is 9.78. The number of benzene rings is 3. The molecule has 1 N–H and O–H groups in total. The molecule has 0 unspecified atom stereocenters. The Morgan fingerprint density at radius 2 is 1.69 bits per heavy atom. The number of methoxy groups -OCH3 is 1. The number of aryl methyl sites for hydroxylation is 1. The highest BCUT2D eigenvalue weighted by atomic mass is 35.5. The van der Waals surface area contributed by atoms with Crippen LogP contribution in [0.15, 0.2) is 71.6 Å². The molecule has 0 aliphatic heterocycles. The fraction of sp³-hybridized carbons (Fsp3) is 0.100. The fourth-order valence-corrected chi connectivity index (χ4v) is 3.81. The van der Waals surface area contributed by atoms with Crippen molar-refractivity contribution in [1.82, 2.24) is 0 Å². The maximum atomic E-state index is 12.7. The van der Waals surface area contributed by atoms with E-state index in [1.54, 1.807) is 49.6 Å². The van der Waals surface area contributed by atoms with E-state index in [0.717, 1.165) is 11.1 Å². The van der Waals surface area contributed by atoms with Crippen molar-refractivity contribution in [1.29, 1.82) is 0 Å². The quantitative estimate of drug-likeness (QED) is 0.660. The SMILES string of the molecule is COc1cccc(-c2cc(Cl)ccc2NS(=O)(=O)c2ccc(C)cc2)c1. The van der Waals surface area contributed by atoms with E-state index in [2.05, 4.69) is 4.72 Å². The zero-order chi connectivity index (χ0) is 18.7. The Morgan fingerprint density at radius 1 is 0.962 bits per heavy atom. The Labute approximate surface area is 158 Å². The van der Waals surface area contributed by atoms with E-state index < -0.39 is 10.0 Å². The lowest BCUT2D eigenvalue weighted by Crippen LogP contribution is -2.13. The second kappa shape index (κ2) is 7.40. The molecule has 0 fully saturated rings. The van der Waals surface area contributed by atoms with E-state index in [-0.39, 0.29) is 4.90 Å². The second-order valence-corrected chi connectivity index (χ2v) is 7.96. The van der Waals surface area contributed by atoms with Gasteiger partial charge in [0.05, 0.1) is 17.7 Å². The Kier molecular flexibility index (Phi) is 5.20. The first-order chi connectivity index (χ1) is 12.4. The van der Waals surface area contributed by atoms with Crippen molar-refractivity contribution in [3.05, 3.63) is 77.3 Å². The van der Waals surface area contributed by atoms with Crippen LogP contribution in [0.3, 0.4) is 0 Å². The van der Waals surface area contributed by atoms with E-state index in [0.29, 0.717) is 22.0 Å². The van der Waals surface area contributed by atoms with Gasteiger partial charge in [0, 0.05) is 10.6 Å². The lowest BCUT2D eigenvalue weighted by Gasteiger charge is -2.14. The minimum absolute atomic E-state index is 0.203. The molecule has 3 aromatic carbocycles. The number of hydrogen-bond donors (Lipinski definition) is 1. The Balaban J connectivity index is 2.04. The summed E-state index contributed by atoms with van der Waals surface area (Å²) < 4.78 is 33.4. The van der Waals surface area contributed by atoms with Gasteiger partial charge in [-0.3, -0.25) is 4.72 Å². The highest BCUT2D eigenvalue weighted by Gasteiger charge is 2.17. The van der Waals surface area contributed by atoms with Crippen LogP contribution in [0.4, 0.5) is 5.69 Å². The van der Waals surface area contributed by atoms with Crippen molar-refractivity contribution in [2.24, 2.45) is 0 Å². The van der Waals surface area contributed by atoms with E-state index in [1.165, 1.54) is 0 Å². The molecule has 0 amide bonds. The van der Waals surface area contributed by atoms with E-state index >= 15 is 0 Å². The molecule has 0 aliphatic carbocycles. The first-order valence-electron chi connectivity index (χ1n) is 7.92. The number of anilines is 1. The summed E-state index contributed by atoms with van der Waals surface area (Å²) in [4.78, 5) is 0.203. The standard InChI is InChI=1S/C20H18ClNO3S/c1-14-6-9-18(10-7-14)26(23,24)22-20-11-8-16(21)13-19(20)15-4-3-5-17(12-15)25-2/h3-13,22H,1-2H3. The third-order valence-electron chi connectivity index (χ3n) is 3.94. The minimum atomic E-state index is -3.71. The highest BCUT2D eigenvalue weighted by molar-refractivity contribution is 7.92. The highest BCUT2D eigenvalue weighted by Crippen LogP contribution is 2.34. The molecule has 3 aromatic rings. The molecule has 0 atom stereocenters. The van der Waals surface area contributed by atoms with Crippen molar-refractivity contribution >= 4 is 27.3 Å². The molecule has 0 radical (unpaired) electrons. The van der Waals surface area contributed by atoms with Gasteiger partial charge in [0.25, 0.3) is 10.0 Å². The Bertz CT molecular complexity index is 1030. The maximum Gasteiger partial charge on any atom is 0.261 e. The van der Waals surface area contributed by atoms with Gasteiger partial charge < -0.3 is 4.74 Å². The number of rotatable bonds is 5. The summed E-state index contributed by atoms with van der Waals surface area (Å²) in [7, 11) is -2.13. The minimum Gasteiger partial charge on any atom is -0.497 e. The topological polar surface area (TPSA) is 55.4 Å². The number of halogens is 1. The fourth-order valence-electron chi connectivity index (χ4n) is 2.56. The molecule has 26 heavy (non-hydrogen) atoms. The normalized spacial score (nSPS) is 11.2. The largest absolute Gasteiger partial charge is 0.497 e. The van der Waals surface area contributed by atoms with Crippen LogP contribution in [-0.2, 0) is 10.0 Å². The summed E-state index contributed by atoms with van der Waals surface area (Å²) in [5.74, 6) is 0.676. The number of nitrogens with one attached hydrogen (secondary N) is 1. The van der Waals surface area contributed by atoms with Crippen molar-refractivity contribution in [2.45, 2.75) is 11.8 Å². The van der Waals surface area contributed by atoms with Gasteiger partial charge in [0.15, 0.2) is 0 Å². The molecule has 3 rings (SSSR count). The van der Waals surface area contributed by atoms with Crippen molar-refractivity contribution in [3.63, 3.8) is 0 Å². The first kappa shape index (κ1) is 18.3. The molecule has 0 aliphatic rings. The van der Waals surface area contributed by atoms with E-state index in [9.17, 15) is 8.42 Å². The van der Waals surface area contributed by atoms with Crippen LogP contribution < -0.4 is 9.46 Å². The third kappa shape index (κ3) is 4.00. The molecule has 0 saturated carbocycles. The molecular weight excluding hydrogens is 370 g/mol. The monoisotopic (exact) mass is 387 g/mol. The predicted octanol–water partition coefficient (Wildman–Crippen LogP) is 5.12. The van der Waals surface area contributed by atoms with Crippen LogP contribution >= 0.6 is 11.6 Å². The van der Waals surface area contributed by atoms with Crippen LogP contribution in [0, 0.1) is 6.92 Å². The van der Waals surface area contributed by atoms with Gasteiger partial charge in [-0.15, -0.1) is 0 Å². The molecule has 0 spiro atoms. The van der Waals surface area contributed by atoms with Crippen LogP contribution in [0.1, 0.15) is 5.56 Å². The van der Waals surface area contributed by atoms with Gasteiger partial charge in [-0.2, -0.15) is 0 Å². The van der Waals surface area contributed by atoms with E-state index in [1.807, 2.05) is 31.2 Å². The van der Waals surface area contributed by atoms with Gasteiger partial charge in [-0.1, -0.05) is 41.4 Å². The van der Waals surface area contributed by atoms with Crippen LogP contribution in [0.2, 0.25) is 5.02 Å². The summed E-state index contributed by atoms with van der Waals surface area (Å²) in [6.07, 6.45) is 0. The van der Waals surface area contributed by atoms with Gasteiger partial charge >= 0.3 is 0 Å². The maximum absolute atomic E-state index is 12.7. The Morgan fingerprint density at radius 3 is 2.38 bits per heavy atom. The summed E-state index contributed by atoms with van der Waals surface area (Å²) in [6, 6.07) is 19.1. The molecule has 0 heterocycles. The van der Waals surface area contributed by atoms with Crippen LogP contribution in [-0.4, -0.2) is 15.5 Å². The van der Waals surface area contributed by atoms with Crippen molar-refractivity contribution in [2.75, 3.05) is 11.8 Å². The van der Waals surface area contributed by atoms with Gasteiger partial charge in [-0.25, -0.2) is 8.42 Å². The molecule has 0 saturated heterocycles. The smallest absolute Gasteiger partial charge is 0.261 e. The van der Waals surface area contributed by atoms with Gasteiger partial charge in [-0.05, 0) is 55.0 Å². The molecule has 4 nitrogen and oxygen atoms in total. The molecule has 0 aromatic heterocycles. The summed E-state index contributed by atoms with van der Waals surface area (Å²) in [5, 5.41) is 0.515. The zero-order valence-corrected chi connectivity index (χ0v) is 15.9. The van der Waals surface area contributed by atoms with E-state index in [4.69, 9.17) is 16.3 Å². The zero-order valence-electron chi connectivity index (χ0n) is 14.4. The lowest BCUT2D eigenvalue weighted by atomic mass is 10.0. The number of ether oxygens (including phenoxy) is 1. The lowest BCUT2D eigenvalue weighted by molar-refractivity contribution is 0.415. The summed E-state index contributed by atoms with van der Waals surface area (Å²) >= 11 is 6.14. The number of sulfonamides is 1. The number of hydrogen-bond acceptors (Lipinski definition) is 3. The van der Waals surface area contributed by atoms with Gasteiger partial charge in [0.1, 0.15) is 5.75 Å². The predicted molar refractivity (Wildman–Crippen MR) is 105 cm³/mol. The second-order valence-electron chi connectivity index (χ2n) is 5.84. The molecule has 0 bridgehead atoms. The van der Waals surface area contributed by atoms with Crippen molar-refractivity contribution in [3.8, 4) is 16.9 Å². The molecule has 6 heteroatoms. The van der Waals surface area contributed by atoms with Gasteiger partial charge in [0.2, 0.25) is 0 Å². The van der Waals surface area contributed by atoms with Crippen LogP contribution in [0.5, 0.6) is 5.75 Å². The summed E-state index contributed by atoms with van der Waals surface area (Å²) in [5.41, 5.74) is 2.91. The average molecular weight is 388 g/mol. The summed E-state index contributed by atoms with van der Waals surface area (Å²) in [6.45, 7) is 1.91.